The molecule has 1 aliphatic heterocycles. The van der Waals surface area contributed by atoms with Crippen molar-refractivity contribution in [3.63, 3.8) is 0 Å². The van der Waals surface area contributed by atoms with Crippen LogP contribution in [0.15, 0.2) is 42.5 Å². The molecule has 0 bridgehead atoms. The van der Waals surface area contributed by atoms with Crippen molar-refractivity contribution in [2.45, 2.75) is 19.9 Å². The number of nitrogens with zero attached hydrogens (tertiary/aromatic N) is 1. The second-order valence-corrected chi connectivity index (χ2v) is 5.00. The largest absolute Gasteiger partial charge is 0.398 e. The van der Waals surface area contributed by atoms with Crippen LogP contribution in [0, 0.1) is 6.92 Å². The van der Waals surface area contributed by atoms with Crippen molar-refractivity contribution >= 4 is 11.4 Å². The zero-order valence-electron chi connectivity index (χ0n) is 10.7. The van der Waals surface area contributed by atoms with Gasteiger partial charge in [-0.25, -0.2) is 0 Å². The molecule has 18 heavy (non-hydrogen) atoms. The van der Waals surface area contributed by atoms with E-state index in [4.69, 9.17) is 5.73 Å². The van der Waals surface area contributed by atoms with Gasteiger partial charge < -0.3 is 10.6 Å². The molecular weight excluding hydrogens is 220 g/mol. The highest BCUT2D eigenvalue weighted by atomic mass is 15.1. The Morgan fingerprint density at radius 1 is 1.17 bits per heavy atom. The summed E-state index contributed by atoms with van der Waals surface area (Å²) in [4.78, 5) is 2.42. The summed E-state index contributed by atoms with van der Waals surface area (Å²) in [7, 11) is 0. The maximum Gasteiger partial charge on any atom is 0.0450 e. The van der Waals surface area contributed by atoms with Gasteiger partial charge in [-0.1, -0.05) is 35.9 Å². The van der Waals surface area contributed by atoms with Crippen LogP contribution < -0.4 is 10.6 Å². The van der Waals surface area contributed by atoms with Gasteiger partial charge >= 0.3 is 0 Å². The molecular formula is C16H18N2. The molecule has 2 nitrogen and oxygen atoms in total. The van der Waals surface area contributed by atoms with Gasteiger partial charge in [-0.15, -0.1) is 0 Å². The van der Waals surface area contributed by atoms with Crippen molar-refractivity contribution in [2.75, 3.05) is 17.2 Å². The monoisotopic (exact) mass is 238 g/mol. The second kappa shape index (κ2) is 4.37. The molecule has 1 aliphatic rings. The predicted molar refractivity (Wildman–Crippen MR) is 76.8 cm³/mol. The third-order valence-electron chi connectivity index (χ3n) is 3.64. The van der Waals surface area contributed by atoms with E-state index in [-0.39, 0.29) is 0 Å². The van der Waals surface area contributed by atoms with Gasteiger partial charge in [0.1, 0.15) is 0 Å². The van der Waals surface area contributed by atoms with Crippen molar-refractivity contribution in [2.24, 2.45) is 0 Å². The molecule has 3 rings (SSSR count). The number of para-hydroxylation sites is 1. The average Bonchev–Trinajstić information content (AvgIpc) is 2.78. The highest BCUT2D eigenvalue weighted by molar-refractivity contribution is 5.59. The van der Waals surface area contributed by atoms with E-state index < -0.39 is 0 Å². The van der Waals surface area contributed by atoms with E-state index >= 15 is 0 Å². The molecule has 2 aromatic rings. The van der Waals surface area contributed by atoms with Crippen LogP contribution in [0.5, 0.6) is 0 Å². The lowest BCUT2D eigenvalue weighted by Crippen LogP contribution is -2.20. The summed E-state index contributed by atoms with van der Waals surface area (Å²) in [6, 6.07) is 14.9. The third kappa shape index (κ3) is 1.94. The first kappa shape index (κ1) is 11.1. The van der Waals surface area contributed by atoms with E-state index in [9.17, 15) is 0 Å². The number of nitrogen functional groups attached to an aromatic ring is 1. The van der Waals surface area contributed by atoms with Crippen LogP contribution in [-0.4, -0.2) is 6.54 Å². The molecule has 2 heteroatoms. The summed E-state index contributed by atoms with van der Waals surface area (Å²) in [5.41, 5.74) is 12.3. The maximum atomic E-state index is 6.06. The maximum absolute atomic E-state index is 6.06. The Morgan fingerprint density at radius 3 is 2.89 bits per heavy atom. The molecule has 0 saturated heterocycles. The van der Waals surface area contributed by atoms with Gasteiger partial charge in [0.05, 0.1) is 0 Å². The molecule has 0 spiro atoms. The molecule has 0 saturated carbocycles. The lowest BCUT2D eigenvalue weighted by atomic mass is 10.1. The van der Waals surface area contributed by atoms with E-state index in [1.165, 1.54) is 22.4 Å². The van der Waals surface area contributed by atoms with Crippen LogP contribution in [-0.2, 0) is 13.0 Å². The van der Waals surface area contributed by atoms with Gasteiger partial charge in [-0.2, -0.15) is 0 Å². The summed E-state index contributed by atoms with van der Waals surface area (Å²) in [6.45, 7) is 4.11. The SMILES string of the molecule is Cc1ccc(N)c(CN2CCc3ccccc32)c1. The molecule has 92 valence electrons. The Kier molecular flexibility index (Phi) is 2.71. The van der Waals surface area contributed by atoms with E-state index in [1.807, 2.05) is 6.07 Å². The molecule has 0 aromatic heterocycles. The van der Waals surface area contributed by atoms with Gasteiger partial charge in [-0.3, -0.25) is 0 Å². The van der Waals surface area contributed by atoms with Gasteiger partial charge in [-0.05, 0) is 36.6 Å². The number of anilines is 2. The Morgan fingerprint density at radius 2 is 2.00 bits per heavy atom. The smallest absolute Gasteiger partial charge is 0.0450 e. The van der Waals surface area contributed by atoms with Crippen LogP contribution in [0.3, 0.4) is 0 Å². The number of nitrogens with two attached hydrogens (primary N) is 1. The zero-order valence-corrected chi connectivity index (χ0v) is 10.7. The first-order valence-electron chi connectivity index (χ1n) is 6.42. The van der Waals surface area contributed by atoms with Crippen LogP contribution in [0.1, 0.15) is 16.7 Å². The van der Waals surface area contributed by atoms with Gasteiger partial charge in [0.15, 0.2) is 0 Å². The average molecular weight is 238 g/mol. The first-order chi connectivity index (χ1) is 8.74. The van der Waals surface area contributed by atoms with Crippen LogP contribution in [0.2, 0.25) is 0 Å². The lowest BCUT2D eigenvalue weighted by molar-refractivity contribution is 0.837. The number of benzene rings is 2. The van der Waals surface area contributed by atoms with Crippen molar-refractivity contribution in [1.82, 2.24) is 0 Å². The van der Waals surface area contributed by atoms with Gasteiger partial charge in [0.25, 0.3) is 0 Å². The van der Waals surface area contributed by atoms with E-state index in [0.717, 1.165) is 25.2 Å². The summed E-state index contributed by atoms with van der Waals surface area (Å²) >= 11 is 0. The summed E-state index contributed by atoms with van der Waals surface area (Å²) < 4.78 is 0. The molecule has 0 amide bonds. The highest BCUT2D eigenvalue weighted by Crippen LogP contribution is 2.29. The number of fused-ring (bicyclic) bond motifs is 1. The van der Waals surface area contributed by atoms with Crippen LogP contribution in [0.4, 0.5) is 11.4 Å². The standard InChI is InChI=1S/C16H18N2/c1-12-6-7-15(17)14(10-12)11-18-9-8-13-4-2-3-5-16(13)18/h2-7,10H,8-9,11,17H2,1H3. The molecule has 0 fully saturated rings. The van der Waals surface area contributed by atoms with Gasteiger partial charge in [0.2, 0.25) is 0 Å². The summed E-state index contributed by atoms with van der Waals surface area (Å²) in [6.07, 6.45) is 1.14. The highest BCUT2D eigenvalue weighted by Gasteiger charge is 2.18. The van der Waals surface area contributed by atoms with Crippen molar-refractivity contribution in [3.05, 3.63) is 59.2 Å². The first-order valence-corrected chi connectivity index (χ1v) is 6.42. The van der Waals surface area contributed by atoms with E-state index in [1.54, 1.807) is 0 Å². The predicted octanol–water partition coefficient (Wildman–Crippen LogP) is 3.14. The van der Waals surface area contributed by atoms with Crippen LogP contribution >= 0.6 is 0 Å². The number of aryl methyl sites for hydroxylation is 1. The molecule has 0 atom stereocenters. The second-order valence-electron chi connectivity index (χ2n) is 5.00. The fraction of sp³-hybridized carbons (Fsp3) is 0.250. The minimum absolute atomic E-state index is 0.894. The normalized spacial score (nSPS) is 13.7. The van der Waals surface area contributed by atoms with Crippen LogP contribution in [0.25, 0.3) is 0 Å². The fourth-order valence-corrected chi connectivity index (χ4v) is 2.65. The Bertz CT molecular complexity index is 575. The van der Waals surface area contributed by atoms with E-state index in [2.05, 4.69) is 48.2 Å². The minimum atomic E-state index is 0.894. The summed E-state index contributed by atoms with van der Waals surface area (Å²) in [5.74, 6) is 0. The van der Waals surface area contributed by atoms with Crippen molar-refractivity contribution in [1.29, 1.82) is 0 Å². The molecule has 2 N–H and O–H groups in total. The van der Waals surface area contributed by atoms with Crippen molar-refractivity contribution in [3.8, 4) is 0 Å². The quantitative estimate of drug-likeness (QED) is 0.814. The Hall–Kier alpha value is -1.96. The van der Waals surface area contributed by atoms with Crippen molar-refractivity contribution < 1.29 is 0 Å². The minimum Gasteiger partial charge on any atom is -0.398 e. The molecule has 0 unspecified atom stereocenters. The molecule has 0 radical (unpaired) electrons. The van der Waals surface area contributed by atoms with Gasteiger partial charge in [0, 0.05) is 24.5 Å². The number of hydrogen-bond donors (Lipinski definition) is 1. The third-order valence-corrected chi connectivity index (χ3v) is 3.64. The summed E-state index contributed by atoms with van der Waals surface area (Å²) in [5, 5.41) is 0. The van der Waals surface area contributed by atoms with E-state index in [0.29, 0.717) is 0 Å². The molecule has 1 heterocycles. The Balaban J connectivity index is 1.88. The molecule has 0 aliphatic carbocycles. The zero-order chi connectivity index (χ0) is 12.5. The number of rotatable bonds is 2. The fourth-order valence-electron chi connectivity index (χ4n) is 2.65. The Labute approximate surface area is 108 Å². The molecule has 2 aromatic carbocycles. The number of hydrogen-bond acceptors (Lipinski definition) is 2. The topological polar surface area (TPSA) is 29.3 Å². The lowest BCUT2D eigenvalue weighted by Gasteiger charge is -2.20.